The number of aromatic nitrogens is 4. The molecule has 0 bridgehead atoms. The van der Waals surface area contributed by atoms with Gasteiger partial charge in [0, 0.05) is 34.6 Å². The van der Waals surface area contributed by atoms with Gasteiger partial charge < -0.3 is 0 Å². The summed E-state index contributed by atoms with van der Waals surface area (Å²) < 4.78 is 0. The van der Waals surface area contributed by atoms with Crippen molar-refractivity contribution in [1.82, 2.24) is 19.9 Å². The standard InChI is InChI=1S/C14H10N4S4/c1-7-15-13(16-8-1)21-19-11-3-5-12(6-4-11)20-22-14-17-9-2-10-18-14/h1-10H. The molecule has 0 atom stereocenters. The van der Waals surface area contributed by atoms with E-state index < -0.39 is 0 Å². The lowest BCUT2D eigenvalue weighted by atomic mass is 10.4. The van der Waals surface area contributed by atoms with E-state index >= 15 is 0 Å². The molecule has 0 saturated heterocycles. The van der Waals surface area contributed by atoms with Gasteiger partial charge in [-0.2, -0.15) is 0 Å². The lowest BCUT2D eigenvalue weighted by Gasteiger charge is -2.02. The van der Waals surface area contributed by atoms with E-state index in [1.54, 1.807) is 68.0 Å². The number of rotatable bonds is 6. The smallest absolute Gasteiger partial charge is 0.198 e. The van der Waals surface area contributed by atoms with E-state index in [2.05, 4.69) is 44.2 Å². The minimum absolute atomic E-state index is 0.766. The van der Waals surface area contributed by atoms with Crippen molar-refractivity contribution in [2.45, 2.75) is 20.1 Å². The first-order valence-electron chi connectivity index (χ1n) is 6.23. The highest BCUT2D eigenvalue weighted by atomic mass is 33.1. The molecular formula is C14H10N4S4. The summed E-state index contributed by atoms with van der Waals surface area (Å²) in [5.74, 6) is 0. The van der Waals surface area contributed by atoms with Gasteiger partial charge in [0.1, 0.15) is 0 Å². The van der Waals surface area contributed by atoms with Crippen molar-refractivity contribution in [3.05, 3.63) is 61.2 Å². The first-order chi connectivity index (χ1) is 10.9. The van der Waals surface area contributed by atoms with Crippen molar-refractivity contribution in [1.29, 1.82) is 0 Å². The summed E-state index contributed by atoms with van der Waals surface area (Å²) in [6, 6.07) is 12.0. The molecule has 0 saturated carbocycles. The lowest BCUT2D eigenvalue weighted by molar-refractivity contribution is 0.973. The second-order valence-corrected chi connectivity index (χ2v) is 8.21. The van der Waals surface area contributed by atoms with E-state index in [1.807, 2.05) is 12.1 Å². The summed E-state index contributed by atoms with van der Waals surface area (Å²) in [4.78, 5) is 19.1. The van der Waals surface area contributed by atoms with Gasteiger partial charge in [0.25, 0.3) is 0 Å². The summed E-state index contributed by atoms with van der Waals surface area (Å²) in [6.07, 6.45) is 6.99. The molecule has 3 rings (SSSR count). The van der Waals surface area contributed by atoms with Crippen LogP contribution in [-0.4, -0.2) is 19.9 Å². The van der Waals surface area contributed by atoms with E-state index in [9.17, 15) is 0 Å². The second-order valence-electron chi connectivity index (χ2n) is 3.87. The van der Waals surface area contributed by atoms with Crippen LogP contribution in [0.2, 0.25) is 0 Å². The average molecular weight is 363 g/mol. The molecule has 0 aliphatic carbocycles. The Bertz CT molecular complexity index is 633. The molecule has 3 aromatic rings. The van der Waals surface area contributed by atoms with Crippen LogP contribution in [0.15, 0.2) is 81.3 Å². The topological polar surface area (TPSA) is 51.6 Å². The highest BCUT2D eigenvalue weighted by molar-refractivity contribution is 8.77. The van der Waals surface area contributed by atoms with E-state index in [1.165, 1.54) is 9.79 Å². The van der Waals surface area contributed by atoms with Crippen LogP contribution in [0.3, 0.4) is 0 Å². The van der Waals surface area contributed by atoms with Crippen LogP contribution in [-0.2, 0) is 0 Å². The maximum Gasteiger partial charge on any atom is 0.198 e. The zero-order chi connectivity index (χ0) is 15.0. The molecule has 22 heavy (non-hydrogen) atoms. The van der Waals surface area contributed by atoms with Gasteiger partial charge in [0.05, 0.1) is 0 Å². The van der Waals surface area contributed by atoms with Crippen LogP contribution in [0.25, 0.3) is 0 Å². The first kappa shape index (κ1) is 15.7. The maximum absolute atomic E-state index is 4.18. The fraction of sp³-hybridized carbons (Fsp3) is 0. The number of hydrogen-bond donors (Lipinski definition) is 0. The first-order valence-corrected chi connectivity index (χ1v) is 10.5. The lowest BCUT2D eigenvalue weighted by Crippen LogP contribution is -1.80. The summed E-state index contributed by atoms with van der Waals surface area (Å²) in [5.41, 5.74) is 0. The fourth-order valence-corrected chi connectivity index (χ4v) is 4.84. The van der Waals surface area contributed by atoms with Crippen molar-refractivity contribution in [2.24, 2.45) is 0 Å². The molecule has 0 aliphatic rings. The van der Waals surface area contributed by atoms with Gasteiger partial charge in [-0.3, -0.25) is 0 Å². The van der Waals surface area contributed by atoms with Crippen molar-refractivity contribution in [3.8, 4) is 0 Å². The van der Waals surface area contributed by atoms with Gasteiger partial charge in [-0.15, -0.1) is 0 Å². The quantitative estimate of drug-likeness (QED) is 0.455. The molecule has 0 amide bonds. The third-order valence-electron chi connectivity index (χ3n) is 2.33. The fourth-order valence-electron chi connectivity index (χ4n) is 1.38. The van der Waals surface area contributed by atoms with E-state index in [4.69, 9.17) is 0 Å². The van der Waals surface area contributed by atoms with Crippen LogP contribution in [0.5, 0.6) is 0 Å². The van der Waals surface area contributed by atoms with Crippen molar-refractivity contribution < 1.29 is 0 Å². The van der Waals surface area contributed by atoms with Crippen molar-refractivity contribution >= 4 is 43.2 Å². The normalized spacial score (nSPS) is 10.5. The van der Waals surface area contributed by atoms with Crippen LogP contribution < -0.4 is 0 Å². The Morgan fingerprint density at radius 1 is 0.500 bits per heavy atom. The van der Waals surface area contributed by atoms with Gasteiger partial charge in [-0.25, -0.2) is 19.9 Å². The Kier molecular flexibility index (Phi) is 6.00. The zero-order valence-corrected chi connectivity index (χ0v) is 14.5. The Hall–Kier alpha value is -1.22. The molecule has 0 spiro atoms. The van der Waals surface area contributed by atoms with E-state index in [-0.39, 0.29) is 0 Å². The Labute approximate surface area is 144 Å². The Morgan fingerprint density at radius 3 is 1.23 bits per heavy atom. The van der Waals surface area contributed by atoms with Crippen LogP contribution in [0.1, 0.15) is 0 Å². The molecule has 0 unspecified atom stereocenters. The molecule has 0 radical (unpaired) electrons. The Balaban J connectivity index is 1.52. The molecule has 110 valence electrons. The molecular weight excluding hydrogens is 352 g/mol. The van der Waals surface area contributed by atoms with Gasteiger partial charge in [-0.1, -0.05) is 0 Å². The molecule has 1 aromatic carbocycles. The molecule has 2 heterocycles. The predicted octanol–water partition coefficient (Wildman–Crippen LogP) is 4.87. The average Bonchev–Trinajstić information content (AvgIpc) is 2.61. The van der Waals surface area contributed by atoms with Crippen molar-refractivity contribution in [2.75, 3.05) is 0 Å². The molecule has 8 heteroatoms. The van der Waals surface area contributed by atoms with E-state index in [0.717, 1.165) is 10.3 Å². The van der Waals surface area contributed by atoms with Gasteiger partial charge in [0.2, 0.25) is 0 Å². The zero-order valence-electron chi connectivity index (χ0n) is 11.2. The van der Waals surface area contributed by atoms with Gasteiger partial charge in [-0.05, 0) is 79.6 Å². The van der Waals surface area contributed by atoms with Gasteiger partial charge >= 0.3 is 0 Å². The maximum atomic E-state index is 4.18. The summed E-state index contributed by atoms with van der Waals surface area (Å²) in [5, 5.41) is 1.53. The monoisotopic (exact) mass is 362 g/mol. The third-order valence-corrected chi connectivity index (χ3v) is 6.70. The predicted molar refractivity (Wildman–Crippen MR) is 93.9 cm³/mol. The Morgan fingerprint density at radius 2 is 0.864 bits per heavy atom. The van der Waals surface area contributed by atoms with E-state index in [0.29, 0.717) is 0 Å². The van der Waals surface area contributed by atoms with Crippen LogP contribution in [0, 0.1) is 0 Å². The van der Waals surface area contributed by atoms with Gasteiger partial charge in [0.15, 0.2) is 10.3 Å². The van der Waals surface area contributed by atoms with Crippen molar-refractivity contribution in [3.63, 3.8) is 0 Å². The van der Waals surface area contributed by atoms with Crippen LogP contribution in [0.4, 0.5) is 0 Å². The molecule has 0 N–H and O–H groups in total. The number of benzene rings is 1. The molecule has 2 aromatic heterocycles. The molecule has 0 fully saturated rings. The summed E-state index contributed by atoms with van der Waals surface area (Å²) >= 11 is 0. The SMILES string of the molecule is c1cnc(SSc2ccc(SSc3ncccn3)cc2)nc1. The summed E-state index contributed by atoms with van der Waals surface area (Å²) in [6.45, 7) is 0. The summed E-state index contributed by atoms with van der Waals surface area (Å²) in [7, 11) is 6.40. The largest absolute Gasteiger partial charge is 0.230 e. The highest BCUT2D eigenvalue weighted by Crippen LogP contribution is 2.38. The minimum atomic E-state index is 0.766. The van der Waals surface area contributed by atoms with Crippen LogP contribution >= 0.6 is 43.2 Å². The minimum Gasteiger partial charge on any atom is -0.230 e. The molecule has 4 nitrogen and oxygen atoms in total. The highest BCUT2D eigenvalue weighted by Gasteiger charge is 2.02. The second kappa shape index (κ2) is 8.42. The number of hydrogen-bond acceptors (Lipinski definition) is 8. The third kappa shape index (κ3) is 4.91. The molecule has 0 aliphatic heterocycles. The number of nitrogens with zero attached hydrogens (tertiary/aromatic N) is 4.